The Morgan fingerprint density at radius 2 is 1.81 bits per heavy atom. The Morgan fingerprint density at radius 1 is 1.00 bits per heavy atom. The van der Waals surface area contributed by atoms with Crippen molar-refractivity contribution >= 4 is 10.8 Å². The molecule has 0 aliphatic heterocycles. The summed E-state index contributed by atoms with van der Waals surface area (Å²) in [6, 6.07) is 14.1. The number of hydrogen-bond acceptors (Lipinski definition) is 2. The summed E-state index contributed by atoms with van der Waals surface area (Å²) in [7, 11) is 0. The van der Waals surface area contributed by atoms with E-state index in [-0.39, 0.29) is 0 Å². The summed E-state index contributed by atoms with van der Waals surface area (Å²) in [4.78, 5) is 4.20. The lowest BCUT2D eigenvalue weighted by atomic mass is 9.84. The Bertz CT molecular complexity index is 800. The fraction of sp³-hybridized carbons (Fsp3) is 0.211. The lowest BCUT2D eigenvalue weighted by Crippen LogP contribution is -2.23. The van der Waals surface area contributed by atoms with E-state index in [0.29, 0.717) is 0 Å². The first kappa shape index (κ1) is 13.8. The molecule has 2 nitrogen and oxygen atoms in total. The minimum absolute atomic E-state index is 0.886. The highest BCUT2D eigenvalue weighted by Crippen LogP contribution is 2.34. The molecule has 0 aliphatic carbocycles. The first-order valence-corrected chi connectivity index (χ1v) is 7.13. The van der Waals surface area contributed by atoms with Gasteiger partial charge >= 0.3 is 0 Å². The molecule has 21 heavy (non-hydrogen) atoms. The first-order chi connectivity index (χ1) is 10.00. The Morgan fingerprint density at radius 3 is 2.57 bits per heavy atom. The zero-order valence-corrected chi connectivity index (χ0v) is 12.6. The van der Waals surface area contributed by atoms with Gasteiger partial charge in [-0.05, 0) is 54.5 Å². The van der Waals surface area contributed by atoms with Crippen molar-refractivity contribution in [3.63, 3.8) is 0 Å². The minimum atomic E-state index is -1.04. The van der Waals surface area contributed by atoms with E-state index in [9.17, 15) is 5.11 Å². The molecular weight excluding hydrogens is 258 g/mol. The van der Waals surface area contributed by atoms with Crippen LogP contribution in [0.1, 0.15) is 29.2 Å². The van der Waals surface area contributed by atoms with Crippen molar-refractivity contribution in [1.82, 2.24) is 4.98 Å². The quantitative estimate of drug-likeness (QED) is 0.764. The summed E-state index contributed by atoms with van der Waals surface area (Å²) < 4.78 is 0. The van der Waals surface area contributed by atoms with Crippen LogP contribution >= 0.6 is 0 Å². The van der Waals surface area contributed by atoms with E-state index in [1.54, 1.807) is 6.20 Å². The zero-order chi connectivity index (χ0) is 15.0. The number of benzene rings is 2. The van der Waals surface area contributed by atoms with E-state index >= 15 is 0 Å². The number of hydrogen-bond donors (Lipinski definition) is 1. The molecule has 0 radical (unpaired) electrons. The van der Waals surface area contributed by atoms with Gasteiger partial charge in [-0.3, -0.25) is 4.98 Å². The van der Waals surface area contributed by atoms with Gasteiger partial charge in [0.2, 0.25) is 0 Å². The molecule has 1 N–H and O–H groups in total. The highest BCUT2D eigenvalue weighted by Gasteiger charge is 2.27. The van der Waals surface area contributed by atoms with Crippen molar-refractivity contribution in [3.8, 4) is 0 Å². The molecule has 3 aromatic rings. The van der Waals surface area contributed by atoms with E-state index < -0.39 is 5.60 Å². The van der Waals surface area contributed by atoms with Crippen LogP contribution in [0.5, 0.6) is 0 Å². The van der Waals surface area contributed by atoms with Crippen molar-refractivity contribution in [2.24, 2.45) is 0 Å². The van der Waals surface area contributed by atoms with Crippen LogP contribution in [0.4, 0.5) is 0 Å². The van der Waals surface area contributed by atoms with Gasteiger partial charge in [0, 0.05) is 17.8 Å². The summed E-state index contributed by atoms with van der Waals surface area (Å²) in [6.07, 6.45) is 3.59. The minimum Gasteiger partial charge on any atom is -0.381 e. The van der Waals surface area contributed by atoms with Crippen LogP contribution in [-0.4, -0.2) is 10.1 Å². The van der Waals surface area contributed by atoms with Gasteiger partial charge in [0.25, 0.3) is 0 Å². The Balaban J connectivity index is 2.22. The van der Waals surface area contributed by atoms with E-state index in [1.807, 2.05) is 43.5 Å². The second kappa shape index (κ2) is 4.97. The lowest BCUT2D eigenvalue weighted by Gasteiger charge is -2.26. The third-order valence-corrected chi connectivity index (χ3v) is 4.28. The maximum Gasteiger partial charge on any atom is 0.112 e. The molecule has 1 unspecified atom stereocenters. The molecule has 0 fully saturated rings. The maximum absolute atomic E-state index is 11.1. The second-order valence-corrected chi connectivity index (χ2v) is 5.77. The van der Waals surface area contributed by atoms with Crippen LogP contribution in [0, 0.1) is 13.8 Å². The fourth-order valence-corrected chi connectivity index (χ4v) is 2.74. The number of fused-ring (bicyclic) bond motifs is 1. The number of aliphatic hydroxyl groups is 1. The normalized spacial score (nSPS) is 14.1. The molecule has 0 saturated heterocycles. The highest BCUT2D eigenvalue weighted by molar-refractivity contribution is 5.86. The molecule has 106 valence electrons. The van der Waals surface area contributed by atoms with Crippen LogP contribution in [0.15, 0.2) is 54.9 Å². The van der Waals surface area contributed by atoms with E-state index in [1.165, 1.54) is 11.1 Å². The Hall–Kier alpha value is -2.19. The summed E-state index contributed by atoms with van der Waals surface area (Å²) in [5.41, 5.74) is 3.17. The van der Waals surface area contributed by atoms with E-state index in [0.717, 1.165) is 21.9 Å². The summed E-state index contributed by atoms with van der Waals surface area (Å²) in [5.74, 6) is 0. The van der Waals surface area contributed by atoms with Crippen LogP contribution in [-0.2, 0) is 5.60 Å². The summed E-state index contributed by atoms with van der Waals surface area (Å²) in [5, 5.41) is 13.2. The Labute approximate surface area is 125 Å². The number of aromatic nitrogens is 1. The molecule has 2 aromatic carbocycles. The molecule has 3 rings (SSSR count). The summed E-state index contributed by atoms with van der Waals surface area (Å²) >= 11 is 0. The maximum atomic E-state index is 11.1. The molecule has 1 heterocycles. The van der Waals surface area contributed by atoms with Crippen LogP contribution < -0.4 is 0 Å². The second-order valence-electron chi connectivity index (χ2n) is 5.77. The third kappa shape index (κ3) is 2.32. The first-order valence-electron chi connectivity index (χ1n) is 7.13. The molecule has 0 bridgehead atoms. The predicted molar refractivity (Wildman–Crippen MR) is 86.3 cm³/mol. The van der Waals surface area contributed by atoms with Gasteiger partial charge in [-0.15, -0.1) is 0 Å². The van der Waals surface area contributed by atoms with Crippen LogP contribution in [0.25, 0.3) is 10.8 Å². The smallest absolute Gasteiger partial charge is 0.112 e. The largest absolute Gasteiger partial charge is 0.381 e. The van der Waals surface area contributed by atoms with Gasteiger partial charge in [-0.25, -0.2) is 0 Å². The van der Waals surface area contributed by atoms with Crippen LogP contribution in [0.2, 0.25) is 0 Å². The van der Waals surface area contributed by atoms with Crippen molar-refractivity contribution in [1.29, 1.82) is 0 Å². The average molecular weight is 277 g/mol. The number of rotatable bonds is 2. The molecule has 0 aliphatic rings. The van der Waals surface area contributed by atoms with Crippen molar-refractivity contribution < 1.29 is 5.11 Å². The molecule has 0 saturated carbocycles. The van der Waals surface area contributed by atoms with Crippen molar-refractivity contribution in [3.05, 3.63) is 77.1 Å². The average Bonchev–Trinajstić information content (AvgIpc) is 2.49. The van der Waals surface area contributed by atoms with Gasteiger partial charge in [-0.2, -0.15) is 0 Å². The van der Waals surface area contributed by atoms with Gasteiger partial charge in [0.15, 0.2) is 0 Å². The third-order valence-electron chi connectivity index (χ3n) is 4.28. The summed E-state index contributed by atoms with van der Waals surface area (Å²) in [6.45, 7) is 5.99. The standard InChI is InChI=1S/C19H19NO/c1-13-7-8-16(11-14(13)2)19(3,21)18-6-4-5-15-9-10-20-12-17(15)18/h4-12,21H,1-3H3. The molecule has 1 atom stereocenters. The SMILES string of the molecule is Cc1ccc(C(C)(O)c2cccc3ccncc23)cc1C. The molecule has 1 aromatic heterocycles. The number of nitrogens with zero attached hydrogens (tertiary/aromatic N) is 1. The number of aryl methyl sites for hydroxylation is 2. The van der Waals surface area contributed by atoms with Gasteiger partial charge in [0.1, 0.15) is 5.60 Å². The Kier molecular flexibility index (Phi) is 3.26. The molecule has 2 heteroatoms. The molecule has 0 amide bonds. The topological polar surface area (TPSA) is 33.1 Å². The van der Waals surface area contributed by atoms with Crippen LogP contribution in [0.3, 0.4) is 0 Å². The van der Waals surface area contributed by atoms with Crippen molar-refractivity contribution in [2.45, 2.75) is 26.4 Å². The monoisotopic (exact) mass is 277 g/mol. The molecule has 0 spiro atoms. The van der Waals surface area contributed by atoms with E-state index in [2.05, 4.69) is 31.0 Å². The van der Waals surface area contributed by atoms with Gasteiger partial charge in [-0.1, -0.05) is 36.4 Å². The van der Waals surface area contributed by atoms with Gasteiger partial charge < -0.3 is 5.11 Å². The van der Waals surface area contributed by atoms with Crippen molar-refractivity contribution in [2.75, 3.05) is 0 Å². The number of pyridine rings is 1. The molecular formula is C19H19NO. The zero-order valence-electron chi connectivity index (χ0n) is 12.6. The predicted octanol–water partition coefficient (Wildman–Crippen LogP) is 4.11. The lowest BCUT2D eigenvalue weighted by molar-refractivity contribution is 0.104. The fourth-order valence-electron chi connectivity index (χ4n) is 2.74. The van der Waals surface area contributed by atoms with E-state index in [4.69, 9.17) is 0 Å². The highest BCUT2D eigenvalue weighted by atomic mass is 16.3. The van der Waals surface area contributed by atoms with Gasteiger partial charge in [0.05, 0.1) is 0 Å².